The van der Waals surface area contributed by atoms with Gasteiger partial charge in [-0.05, 0) is 63.9 Å². The van der Waals surface area contributed by atoms with Gasteiger partial charge in [-0.2, -0.15) is 0 Å². The number of nitrogens with zero attached hydrogens (tertiary/aromatic N) is 3. The van der Waals surface area contributed by atoms with E-state index < -0.39 is 0 Å². The van der Waals surface area contributed by atoms with Crippen LogP contribution in [0.15, 0.2) is 134 Å². The minimum atomic E-state index is -0.249. The van der Waals surface area contributed by atoms with Gasteiger partial charge in [-0.3, -0.25) is 9.55 Å². The van der Waals surface area contributed by atoms with Gasteiger partial charge in [-0.25, -0.2) is 4.98 Å². The van der Waals surface area contributed by atoms with Crippen molar-refractivity contribution in [2.75, 3.05) is 0 Å². The topological polar surface area (TPSA) is 50.9 Å². The highest BCUT2D eigenvalue weighted by molar-refractivity contribution is 6.06. The van der Waals surface area contributed by atoms with Crippen molar-refractivity contribution < 1.29 is 5.11 Å². The predicted octanol–water partition coefficient (Wildman–Crippen LogP) is 11.4. The van der Waals surface area contributed by atoms with E-state index in [0.717, 1.165) is 72.7 Å². The van der Waals surface area contributed by atoms with E-state index in [4.69, 9.17) is 4.98 Å². The molecule has 0 aliphatic rings. The second-order valence-corrected chi connectivity index (χ2v) is 14.5. The van der Waals surface area contributed by atoms with Crippen molar-refractivity contribution in [3.8, 4) is 56.5 Å². The molecule has 0 amide bonds. The Morgan fingerprint density at radius 1 is 0.583 bits per heavy atom. The van der Waals surface area contributed by atoms with Crippen molar-refractivity contribution >= 4 is 10.9 Å². The molecule has 0 unspecified atom stereocenters. The minimum Gasteiger partial charge on any atom is -0.507 e. The Morgan fingerprint density at radius 2 is 1.25 bits per heavy atom. The summed E-state index contributed by atoms with van der Waals surface area (Å²) in [6, 6.07) is 44.1. The number of hydrogen-bond acceptors (Lipinski definition) is 3. The maximum atomic E-state index is 11.8. The Hall–Kier alpha value is -5.48. The molecule has 0 bridgehead atoms. The van der Waals surface area contributed by atoms with Gasteiger partial charge in [0.05, 0.1) is 22.6 Å². The van der Waals surface area contributed by atoms with Gasteiger partial charge in [-0.1, -0.05) is 133 Å². The lowest BCUT2D eigenvalue weighted by Gasteiger charge is -2.27. The highest BCUT2D eigenvalue weighted by atomic mass is 16.3. The second kappa shape index (κ2) is 12.0. The Kier molecular flexibility index (Phi) is 7.75. The molecule has 7 rings (SSSR count). The molecule has 4 heteroatoms. The van der Waals surface area contributed by atoms with Crippen molar-refractivity contribution in [3.05, 3.63) is 145 Å². The number of hydrogen-bond donors (Lipinski definition) is 1. The molecule has 0 saturated heterocycles. The second-order valence-electron chi connectivity index (χ2n) is 14.5. The number of phenols is 1. The summed E-state index contributed by atoms with van der Waals surface area (Å²) < 4.78 is 2.28. The summed E-state index contributed by atoms with van der Waals surface area (Å²) in [5.74, 6) is 1.05. The van der Waals surface area contributed by atoms with Crippen LogP contribution in [0.5, 0.6) is 5.75 Å². The predicted molar refractivity (Wildman–Crippen MR) is 200 cm³/mol. The molecular weight excluding hydrogens is 587 g/mol. The molecule has 0 aliphatic carbocycles. The summed E-state index contributed by atoms with van der Waals surface area (Å²) in [5.41, 5.74) is 10.6. The molecular formula is C44H41N3O. The van der Waals surface area contributed by atoms with Gasteiger partial charge in [0.25, 0.3) is 0 Å². The van der Waals surface area contributed by atoms with Crippen LogP contribution in [0.2, 0.25) is 0 Å². The molecule has 0 atom stereocenters. The highest BCUT2D eigenvalue weighted by Gasteiger charge is 2.27. The molecule has 0 aliphatic heterocycles. The van der Waals surface area contributed by atoms with Crippen molar-refractivity contribution in [3.63, 3.8) is 0 Å². The highest BCUT2D eigenvalue weighted by Crippen LogP contribution is 2.45. The summed E-state index contributed by atoms with van der Waals surface area (Å²) in [7, 11) is 0. The first-order valence-electron chi connectivity index (χ1n) is 16.6. The number of pyridine rings is 2. The third-order valence-corrected chi connectivity index (χ3v) is 9.06. The Labute approximate surface area is 283 Å². The maximum absolute atomic E-state index is 11.8. The molecule has 0 saturated carbocycles. The normalized spacial score (nSPS) is 12.0. The Balaban J connectivity index is 1.56. The van der Waals surface area contributed by atoms with Crippen molar-refractivity contribution in [2.24, 2.45) is 0 Å². The van der Waals surface area contributed by atoms with Crippen LogP contribution in [0.25, 0.3) is 61.6 Å². The van der Waals surface area contributed by atoms with Crippen LogP contribution in [-0.4, -0.2) is 19.6 Å². The van der Waals surface area contributed by atoms with Crippen LogP contribution in [0, 0.1) is 0 Å². The van der Waals surface area contributed by atoms with Gasteiger partial charge in [0.2, 0.25) is 0 Å². The molecule has 0 radical (unpaired) electrons. The molecule has 7 aromatic rings. The van der Waals surface area contributed by atoms with E-state index in [0.29, 0.717) is 0 Å². The van der Waals surface area contributed by atoms with Gasteiger partial charge < -0.3 is 5.11 Å². The van der Waals surface area contributed by atoms with Crippen LogP contribution in [0.3, 0.4) is 0 Å². The van der Waals surface area contributed by atoms with Crippen LogP contribution < -0.4 is 0 Å². The van der Waals surface area contributed by atoms with E-state index in [1.165, 1.54) is 0 Å². The molecule has 238 valence electrons. The van der Waals surface area contributed by atoms with Crippen molar-refractivity contribution in [1.29, 1.82) is 0 Å². The molecule has 3 heterocycles. The van der Waals surface area contributed by atoms with E-state index in [9.17, 15) is 5.11 Å². The zero-order valence-corrected chi connectivity index (χ0v) is 28.5. The summed E-state index contributed by atoms with van der Waals surface area (Å²) in [6.45, 7) is 13.1. The van der Waals surface area contributed by atoms with Crippen LogP contribution in [0.4, 0.5) is 0 Å². The van der Waals surface area contributed by atoms with Crippen LogP contribution in [-0.2, 0) is 10.8 Å². The van der Waals surface area contributed by atoms with Crippen molar-refractivity contribution in [1.82, 2.24) is 14.5 Å². The van der Waals surface area contributed by atoms with Gasteiger partial charge in [0.1, 0.15) is 11.6 Å². The standard InChI is InChI=1S/C44H41N3O/c1-43(2,3)32-27-34(42(48)35(28-32)44(4,5)6)37-21-15-22-39(46-37)47-38-26-31(36-20-13-14-25-45-36)23-24-33(38)40(29-16-9-7-10-17-29)41(47)30-18-11-8-12-19-30/h7-28,48H,1-6H3. The van der Waals surface area contributed by atoms with E-state index in [1.54, 1.807) is 0 Å². The van der Waals surface area contributed by atoms with E-state index >= 15 is 0 Å². The smallest absolute Gasteiger partial charge is 0.138 e. The summed E-state index contributed by atoms with van der Waals surface area (Å²) in [6.07, 6.45) is 1.83. The average molecular weight is 628 g/mol. The molecule has 4 nitrogen and oxygen atoms in total. The van der Waals surface area contributed by atoms with Gasteiger partial charge in [0, 0.05) is 33.8 Å². The molecule has 3 aromatic heterocycles. The number of phenolic OH excluding ortho intramolecular Hbond substituents is 1. The SMILES string of the molecule is CC(C)(C)c1cc(-c2cccc(-n3c(-c4ccccc4)c(-c4ccccc4)c4ccc(-c5ccccn5)cc43)n2)c(O)c(C(C)(C)C)c1. The van der Waals surface area contributed by atoms with Crippen LogP contribution >= 0.6 is 0 Å². The summed E-state index contributed by atoms with van der Waals surface area (Å²) in [4.78, 5) is 10.0. The number of aromatic nitrogens is 3. The molecule has 0 fully saturated rings. The molecule has 0 spiro atoms. The van der Waals surface area contributed by atoms with Crippen molar-refractivity contribution in [2.45, 2.75) is 52.4 Å². The lowest BCUT2D eigenvalue weighted by atomic mass is 9.78. The molecule has 48 heavy (non-hydrogen) atoms. The first kappa shape index (κ1) is 31.1. The number of aromatic hydroxyl groups is 1. The quantitative estimate of drug-likeness (QED) is 0.207. The Bertz CT molecular complexity index is 2240. The number of fused-ring (bicyclic) bond motifs is 1. The van der Waals surface area contributed by atoms with Gasteiger partial charge >= 0.3 is 0 Å². The van der Waals surface area contributed by atoms with E-state index in [-0.39, 0.29) is 16.6 Å². The fraction of sp³-hybridized carbons (Fsp3) is 0.182. The van der Waals surface area contributed by atoms with Crippen LogP contribution in [0.1, 0.15) is 52.7 Å². The Morgan fingerprint density at radius 3 is 1.90 bits per heavy atom. The molecule has 1 N–H and O–H groups in total. The zero-order chi connectivity index (χ0) is 33.6. The largest absolute Gasteiger partial charge is 0.507 e. The number of benzene rings is 4. The third kappa shape index (κ3) is 5.68. The average Bonchev–Trinajstić information content (AvgIpc) is 3.43. The minimum absolute atomic E-state index is 0.108. The summed E-state index contributed by atoms with van der Waals surface area (Å²) in [5, 5.41) is 12.9. The third-order valence-electron chi connectivity index (χ3n) is 9.06. The van der Waals surface area contributed by atoms with Gasteiger partial charge in [0.15, 0.2) is 0 Å². The maximum Gasteiger partial charge on any atom is 0.138 e. The fourth-order valence-electron chi connectivity index (χ4n) is 6.52. The lowest BCUT2D eigenvalue weighted by molar-refractivity contribution is 0.446. The zero-order valence-electron chi connectivity index (χ0n) is 28.5. The monoisotopic (exact) mass is 627 g/mol. The summed E-state index contributed by atoms with van der Waals surface area (Å²) >= 11 is 0. The van der Waals surface area contributed by atoms with E-state index in [1.807, 2.05) is 36.5 Å². The molecule has 4 aromatic carbocycles. The number of rotatable bonds is 5. The first-order valence-corrected chi connectivity index (χ1v) is 16.6. The van der Waals surface area contributed by atoms with Gasteiger partial charge in [-0.15, -0.1) is 0 Å². The first-order chi connectivity index (χ1) is 23.0. The lowest BCUT2D eigenvalue weighted by Crippen LogP contribution is -2.17. The van der Waals surface area contributed by atoms with E-state index in [2.05, 4.69) is 148 Å². The fourth-order valence-corrected chi connectivity index (χ4v) is 6.52.